The summed E-state index contributed by atoms with van der Waals surface area (Å²) >= 11 is 0. The summed E-state index contributed by atoms with van der Waals surface area (Å²) in [7, 11) is 0. The van der Waals surface area contributed by atoms with Crippen molar-refractivity contribution in [2.24, 2.45) is 17.8 Å². The van der Waals surface area contributed by atoms with Crippen LogP contribution >= 0.6 is 0 Å². The van der Waals surface area contributed by atoms with Gasteiger partial charge in [0, 0.05) is 18.4 Å². The third-order valence-electron chi connectivity index (χ3n) is 9.56. The Hall–Kier alpha value is -2.94. The predicted molar refractivity (Wildman–Crippen MR) is 125 cm³/mol. The molecule has 0 aromatic carbocycles. The summed E-state index contributed by atoms with van der Waals surface area (Å²) in [6, 6.07) is 5.64. The lowest BCUT2D eigenvalue weighted by Crippen LogP contribution is -3.12. The molecule has 4 aliphatic carbocycles. The molecule has 184 valence electrons. The second-order valence-corrected chi connectivity index (χ2v) is 12.0. The molecule has 6 aliphatic rings. The number of H-pyrrole nitrogens is 1. The Kier molecular flexibility index (Phi) is 4.59. The number of fused-ring (bicyclic) bond motifs is 1. The molecular weight excluding hydrogens is 444 g/mol. The van der Waals surface area contributed by atoms with Gasteiger partial charge in [-0.05, 0) is 68.4 Å². The minimum absolute atomic E-state index is 0.00247. The Labute approximate surface area is 204 Å². The van der Waals surface area contributed by atoms with Crippen LogP contribution < -0.4 is 25.3 Å². The number of nitrogens with zero attached hydrogens (tertiary/aromatic N) is 1. The highest BCUT2D eigenvalue weighted by atomic mass is 16.2. The van der Waals surface area contributed by atoms with Crippen LogP contribution in [0.15, 0.2) is 24.4 Å². The van der Waals surface area contributed by atoms with Crippen LogP contribution in [0.5, 0.6) is 0 Å². The number of imide groups is 1. The minimum Gasteiger partial charge on any atom is -0.340 e. The van der Waals surface area contributed by atoms with E-state index in [0.717, 1.165) is 67.9 Å². The van der Waals surface area contributed by atoms with Gasteiger partial charge in [0.15, 0.2) is 5.52 Å². The van der Waals surface area contributed by atoms with Crippen LogP contribution in [-0.4, -0.2) is 47.0 Å². The zero-order valence-corrected chi connectivity index (χ0v) is 20.0. The molecule has 0 unspecified atom stereocenters. The number of hydrogen-bond acceptors (Lipinski definition) is 3. The first-order valence-corrected chi connectivity index (χ1v) is 13.2. The number of rotatable bonds is 4. The summed E-state index contributed by atoms with van der Waals surface area (Å²) in [6.07, 6.45) is 10.6. The lowest BCUT2D eigenvalue weighted by atomic mass is 9.53. The van der Waals surface area contributed by atoms with Gasteiger partial charge >= 0.3 is 17.8 Å². The number of aromatic nitrogens is 2. The fraction of sp³-hybridized carbons (Fsp3) is 0.615. The molecule has 2 aromatic heterocycles. The molecule has 0 radical (unpaired) electrons. The highest BCUT2D eigenvalue weighted by Crippen LogP contribution is 2.55. The molecule has 4 heterocycles. The number of carbonyl (C=O) groups is 3. The highest BCUT2D eigenvalue weighted by molar-refractivity contribution is 6.07. The summed E-state index contributed by atoms with van der Waals surface area (Å²) < 4.78 is 1.99. The van der Waals surface area contributed by atoms with Gasteiger partial charge in [-0.2, -0.15) is 4.40 Å². The zero-order chi connectivity index (χ0) is 23.8. The van der Waals surface area contributed by atoms with E-state index in [1.807, 2.05) is 22.7 Å². The third kappa shape index (κ3) is 3.46. The van der Waals surface area contributed by atoms with Gasteiger partial charge in [0.1, 0.15) is 12.1 Å². The molecule has 4 saturated carbocycles. The number of likely N-dealkylation sites (tertiary alicyclic amines) is 1. The molecule has 35 heavy (non-hydrogen) atoms. The molecule has 2 aliphatic heterocycles. The minimum atomic E-state index is -0.754. The first-order valence-electron chi connectivity index (χ1n) is 13.2. The van der Waals surface area contributed by atoms with E-state index >= 15 is 0 Å². The molecule has 8 rings (SSSR count). The van der Waals surface area contributed by atoms with Gasteiger partial charge in [-0.1, -0.05) is 6.07 Å². The smallest absolute Gasteiger partial charge is 0.340 e. The van der Waals surface area contributed by atoms with Crippen molar-refractivity contribution in [3.63, 3.8) is 0 Å². The zero-order valence-electron chi connectivity index (χ0n) is 20.0. The molecule has 2 saturated heterocycles. The van der Waals surface area contributed by atoms with Crippen LogP contribution in [0, 0.1) is 17.8 Å². The van der Waals surface area contributed by atoms with Gasteiger partial charge < -0.3 is 15.5 Å². The van der Waals surface area contributed by atoms with E-state index in [0.29, 0.717) is 18.7 Å². The lowest BCUT2D eigenvalue weighted by Gasteiger charge is -2.56. The molecule has 4 bridgehead atoms. The average Bonchev–Trinajstić information content (AvgIpc) is 3.31. The second kappa shape index (κ2) is 7.53. The first-order chi connectivity index (χ1) is 16.9. The van der Waals surface area contributed by atoms with Crippen molar-refractivity contribution in [3.8, 4) is 0 Å². The summed E-state index contributed by atoms with van der Waals surface area (Å²) in [6.45, 7) is 2.30. The van der Waals surface area contributed by atoms with Crippen molar-refractivity contribution >= 4 is 23.4 Å². The Balaban J connectivity index is 1.10. The molecule has 6 fully saturated rings. The third-order valence-corrected chi connectivity index (χ3v) is 9.56. The first kappa shape index (κ1) is 21.4. The van der Waals surface area contributed by atoms with Crippen molar-refractivity contribution in [1.82, 2.24) is 20.9 Å². The Morgan fingerprint density at radius 2 is 1.74 bits per heavy atom. The largest absolute Gasteiger partial charge is 0.351 e. The lowest BCUT2D eigenvalue weighted by molar-refractivity contribution is -0.919. The molecule has 0 atom stereocenters. The van der Waals surface area contributed by atoms with Gasteiger partial charge in [0.25, 0.3) is 5.91 Å². The SMILES string of the molecule is O=C1NC(=O)C2(CC[NH+](Cc3[nH]c(C(=O)NC45CC6CC(CC(C6)C4)C5)[n+]4ccccc34)CC2)N1. The van der Waals surface area contributed by atoms with E-state index in [2.05, 4.69) is 27.0 Å². The fourth-order valence-corrected chi connectivity index (χ4v) is 8.35. The molecule has 9 heteroatoms. The van der Waals surface area contributed by atoms with E-state index in [9.17, 15) is 14.4 Å². The monoisotopic (exact) mass is 478 g/mol. The van der Waals surface area contributed by atoms with Crippen LogP contribution in [0.2, 0.25) is 0 Å². The summed E-state index contributed by atoms with van der Waals surface area (Å²) in [5.74, 6) is 2.73. The predicted octanol–water partition coefficient (Wildman–Crippen LogP) is 0.209. The summed E-state index contributed by atoms with van der Waals surface area (Å²) in [5, 5.41) is 8.73. The molecular formula is C26H34N6O3+2. The molecule has 4 amide bonds. The van der Waals surface area contributed by atoms with Crippen molar-refractivity contribution in [1.29, 1.82) is 0 Å². The van der Waals surface area contributed by atoms with E-state index in [1.165, 1.54) is 24.2 Å². The number of imidazole rings is 1. The van der Waals surface area contributed by atoms with E-state index in [-0.39, 0.29) is 23.4 Å². The highest BCUT2D eigenvalue weighted by Gasteiger charge is 2.52. The van der Waals surface area contributed by atoms with Gasteiger partial charge in [-0.15, -0.1) is 0 Å². The Morgan fingerprint density at radius 3 is 2.37 bits per heavy atom. The number of carbonyl (C=O) groups excluding carboxylic acids is 3. The Bertz CT molecular complexity index is 1190. The van der Waals surface area contributed by atoms with Crippen LogP contribution in [0.3, 0.4) is 0 Å². The average molecular weight is 479 g/mol. The fourth-order valence-electron chi connectivity index (χ4n) is 8.35. The molecule has 1 spiro atoms. The number of pyridine rings is 1. The van der Waals surface area contributed by atoms with Crippen molar-refractivity contribution in [2.45, 2.75) is 69.0 Å². The van der Waals surface area contributed by atoms with Gasteiger partial charge in [0.05, 0.1) is 19.3 Å². The van der Waals surface area contributed by atoms with Crippen molar-refractivity contribution in [3.05, 3.63) is 35.9 Å². The van der Waals surface area contributed by atoms with Gasteiger partial charge in [-0.25, -0.2) is 9.78 Å². The second-order valence-electron chi connectivity index (χ2n) is 12.0. The summed E-state index contributed by atoms with van der Waals surface area (Å²) in [5.41, 5.74) is 1.27. The van der Waals surface area contributed by atoms with Crippen LogP contribution in [0.1, 0.15) is 67.7 Å². The maximum Gasteiger partial charge on any atom is 0.351 e. The van der Waals surface area contributed by atoms with Crippen molar-refractivity contribution < 1.29 is 23.7 Å². The molecule has 9 nitrogen and oxygen atoms in total. The number of aromatic amines is 1. The standard InChI is InChI=1S/C26H32N6O3/c33-22(29-25-12-16-9-17(13-25)11-18(10-16)14-25)21-27-19(20-3-1-2-6-32(20)21)15-31-7-4-26(5-8-31)23(34)28-24(35)30-26/h1-3,6,16-18H,4-5,7-15H2,(H3,28,29,30,33,34,35)/p+2. The number of hydrogen-bond donors (Lipinski definition) is 5. The summed E-state index contributed by atoms with van der Waals surface area (Å²) in [4.78, 5) is 42.4. The van der Waals surface area contributed by atoms with E-state index < -0.39 is 5.54 Å². The number of nitrogens with one attached hydrogen (secondary N) is 5. The molecule has 2 aromatic rings. The van der Waals surface area contributed by atoms with Crippen LogP contribution in [0.25, 0.3) is 5.52 Å². The van der Waals surface area contributed by atoms with Gasteiger partial charge in [-0.3, -0.25) is 14.9 Å². The van der Waals surface area contributed by atoms with E-state index in [4.69, 9.17) is 0 Å². The molecule has 5 N–H and O–H groups in total. The van der Waals surface area contributed by atoms with Crippen LogP contribution in [-0.2, 0) is 11.3 Å². The van der Waals surface area contributed by atoms with E-state index in [1.54, 1.807) is 0 Å². The Morgan fingerprint density at radius 1 is 1.06 bits per heavy atom. The van der Waals surface area contributed by atoms with Gasteiger partial charge in [0.2, 0.25) is 5.69 Å². The quantitative estimate of drug-likeness (QED) is 0.320. The number of piperidine rings is 1. The normalized spacial score (nSPS) is 37.6. The maximum absolute atomic E-state index is 13.6. The number of quaternary nitrogens is 1. The van der Waals surface area contributed by atoms with Crippen LogP contribution in [0.4, 0.5) is 4.79 Å². The number of urea groups is 1. The topological polar surface area (TPSA) is 112 Å². The maximum atomic E-state index is 13.6. The van der Waals surface area contributed by atoms with Crippen molar-refractivity contribution in [2.75, 3.05) is 13.1 Å². The number of amides is 4.